The summed E-state index contributed by atoms with van der Waals surface area (Å²) in [4.78, 5) is 0. The number of hydrogen-bond donors (Lipinski definition) is 0. The molecular formula is C14H17ClO. The van der Waals surface area contributed by atoms with Crippen molar-refractivity contribution in [1.82, 2.24) is 0 Å². The molecule has 2 aliphatic rings. The second kappa shape index (κ2) is 3.96. The zero-order valence-electron chi connectivity index (χ0n) is 9.47. The van der Waals surface area contributed by atoms with Gasteiger partial charge in [0, 0.05) is 16.0 Å². The molecule has 0 saturated heterocycles. The number of ether oxygens (including phenoxy) is 1. The highest BCUT2D eigenvalue weighted by atomic mass is 35.5. The first-order chi connectivity index (χ1) is 7.80. The molecule has 0 unspecified atom stereocenters. The number of rotatable bonds is 0. The molecule has 0 bridgehead atoms. The van der Waals surface area contributed by atoms with E-state index in [0.29, 0.717) is 5.41 Å². The minimum Gasteiger partial charge on any atom is -0.493 e. The van der Waals surface area contributed by atoms with Crippen LogP contribution in [0.5, 0.6) is 5.75 Å². The highest BCUT2D eigenvalue weighted by Crippen LogP contribution is 2.48. The minimum absolute atomic E-state index is 0.372. The van der Waals surface area contributed by atoms with Crippen LogP contribution in [-0.4, -0.2) is 6.61 Å². The van der Waals surface area contributed by atoms with Crippen LogP contribution in [-0.2, 0) is 5.41 Å². The van der Waals surface area contributed by atoms with Crippen molar-refractivity contribution >= 4 is 11.6 Å². The van der Waals surface area contributed by atoms with Gasteiger partial charge in [0.15, 0.2) is 0 Å². The van der Waals surface area contributed by atoms with Gasteiger partial charge < -0.3 is 4.74 Å². The Labute approximate surface area is 102 Å². The van der Waals surface area contributed by atoms with Crippen molar-refractivity contribution in [3.63, 3.8) is 0 Å². The lowest BCUT2D eigenvalue weighted by molar-refractivity contribution is 0.174. The zero-order valence-corrected chi connectivity index (χ0v) is 10.2. The highest BCUT2D eigenvalue weighted by molar-refractivity contribution is 6.30. The van der Waals surface area contributed by atoms with E-state index in [1.54, 1.807) is 0 Å². The van der Waals surface area contributed by atoms with Crippen molar-refractivity contribution in [3.05, 3.63) is 28.8 Å². The summed E-state index contributed by atoms with van der Waals surface area (Å²) in [6, 6.07) is 6.09. The SMILES string of the molecule is Clc1ccc2c(c1)C1(CCCCC1)CCO2. The lowest BCUT2D eigenvalue weighted by Crippen LogP contribution is -2.34. The molecule has 0 amide bonds. The van der Waals surface area contributed by atoms with Gasteiger partial charge in [-0.15, -0.1) is 0 Å². The van der Waals surface area contributed by atoms with E-state index in [-0.39, 0.29) is 0 Å². The van der Waals surface area contributed by atoms with Crippen LogP contribution in [0.3, 0.4) is 0 Å². The molecule has 0 atom stereocenters. The summed E-state index contributed by atoms with van der Waals surface area (Å²) in [6.45, 7) is 0.870. The predicted molar refractivity (Wildman–Crippen MR) is 66.3 cm³/mol. The fourth-order valence-electron chi connectivity index (χ4n) is 3.28. The molecule has 1 spiro atoms. The van der Waals surface area contributed by atoms with Gasteiger partial charge in [0.2, 0.25) is 0 Å². The number of fused-ring (bicyclic) bond motifs is 2. The third-order valence-electron chi connectivity index (χ3n) is 4.16. The molecular weight excluding hydrogens is 220 g/mol. The Morgan fingerprint density at radius 3 is 2.69 bits per heavy atom. The average molecular weight is 237 g/mol. The highest BCUT2D eigenvalue weighted by Gasteiger charge is 2.38. The van der Waals surface area contributed by atoms with Crippen molar-refractivity contribution in [1.29, 1.82) is 0 Å². The Hall–Kier alpha value is -0.690. The fourth-order valence-corrected chi connectivity index (χ4v) is 3.45. The van der Waals surface area contributed by atoms with Crippen molar-refractivity contribution in [2.75, 3.05) is 6.61 Å². The molecule has 16 heavy (non-hydrogen) atoms. The molecule has 1 aliphatic heterocycles. The lowest BCUT2D eigenvalue weighted by atomic mass is 9.66. The lowest BCUT2D eigenvalue weighted by Gasteiger charge is -2.41. The summed E-state index contributed by atoms with van der Waals surface area (Å²) in [5.74, 6) is 1.07. The Bertz CT molecular complexity index is 394. The van der Waals surface area contributed by atoms with E-state index in [0.717, 1.165) is 17.4 Å². The van der Waals surface area contributed by atoms with Crippen LogP contribution in [0.15, 0.2) is 18.2 Å². The van der Waals surface area contributed by atoms with Gasteiger partial charge in [-0.25, -0.2) is 0 Å². The molecule has 0 aromatic heterocycles. The minimum atomic E-state index is 0.372. The summed E-state index contributed by atoms with van der Waals surface area (Å²) in [5.41, 5.74) is 1.74. The molecule has 2 heteroatoms. The van der Waals surface area contributed by atoms with E-state index in [4.69, 9.17) is 16.3 Å². The van der Waals surface area contributed by atoms with Gasteiger partial charge in [0.1, 0.15) is 5.75 Å². The summed E-state index contributed by atoms with van der Waals surface area (Å²) in [7, 11) is 0. The Morgan fingerprint density at radius 1 is 1.06 bits per heavy atom. The Kier molecular flexibility index (Phi) is 2.59. The average Bonchev–Trinajstić information content (AvgIpc) is 2.32. The maximum absolute atomic E-state index is 6.12. The standard InChI is InChI=1S/C14H17ClO/c15-11-4-5-13-12(10-11)14(8-9-16-13)6-2-1-3-7-14/h4-5,10H,1-3,6-9H2. The van der Waals surface area contributed by atoms with Gasteiger partial charge in [-0.2, -0.15) is 0 Å². The number of hydrogen-bond acceptors (Lipinski definition) is 1. The topological polar surface area (TPSA) is 9.23 Å². The first kappa shape index (κ1) is 10.5. The maximum Gasteiger partial charge on any atom is 0.123 e. The van der Waals surface area contributed by atoms with Gasteiger partial charge in [-0.05, 0) is 37.5 Å². The summed E-state index contributed by atoms with van der Waals surface area (Å²) in [6.07, 6.45) is 7.88. The van der Waals surface area contributed by atoms with E-state index >= 15 is 0 Å². The normalized spacial score (nSPS) is 22.6. The summed E-state index contributed by atoms with van der Waals surface area (Å²) < 4.78 is 5.75. The quantitative estimate of drug-likeness (QED) is 0.652. The van der Waals surface area contributed by atoms with Crippen molar-refractivity contribution in [3.8, 4) is 5.75 Å². The second-order valence-corrected chi connectivity index (χ2v) is 5.52. The van der Waals surface area contributed by atoms with Gasteiger partial charge in [-0.1, -0.05) is 30.9 Å². The largest absolute Gasteiger partial charge is 0.493 e. The van der Waals surface area contributed by atoms with Crippen molar-refractivity contribution in [2.45, 2.75) is 43.9 Å². The molecule has 1 fully saturated rings. The first-order valence-corrected chi connectivity index (χ1v) is 6.61. The third kappa shape index (κ3) is 1.62. The molecule has 86 valence electrons. The molecule has 1 saturated carbocycles. The maximum atomic E-state index is 6.12. The van der Waals surface area contributed by atoms with Crippen LogP contribution in [0, 0.1) is 0 Å². The molecule has 0 N–H and O–H groups in total. The Balaban J connectivity index is 2.06. The Morgan fingerprint density at radius 2 is 1.88 bits per heavy atom. The van der Waals surface area contributed by atoms with E-state index in [9.17, 15) is 0 Å². The number of benzene rings is 1. The van der Waals surface area contributed by atoms with E-state index < -0.39 is 0 Å². The van der Waals surface area contributed by atoms with E-state index in [1.807, 2.05) is 12.1 Å². The second-order valence-electron chi connectivity index (χ2n) is 5.08. The first-order valence-electron chi connectivity index (χ1n) is 6.23. The predicted octanol–water partition coefficient (Wildman–Crippen LogP) is 4.32. The molecule has 0 radical (unpaired) electrons. The van der Waals surface area contributed by atoms with Crippen molar-refractivity contribution in [2.24, 2.45) is 0 Å². The smallest absolute Gasteiger partial charge is 0.123 e. The molecule has 3 rings (SSSR count). The molecule has 1 aromatic rings. The van der Waals surface area contributed by atoms with Gasteiger partial charge >= 0.3 is 0 Å². The molecule has 1 aliphatic carbocycles. The van der Waals surface area contributed by atoms with Crippen LogP contribution in [0.4, 0.5) is 0 Å². The van der Waals surface area contributed by atoms with E-state index in [1.165, 1.54) is 44.1 Å². The summed E-state index contributed by atoms with van der Waals surface area (Å²) >= 11 is 6.12. The fraction of sp³-hybridized carbons (Fsp3) is 0.571. The van der Waals surface area contributed by atoms with Gasteiger partial charge in [-0.3, -0.25) is 0 Å². The van der Waals surface area contributed by atoms with Crippen LogP contribution in [0.25, 0.3) is 0 Å². The monoisotopic (exact) mass is 236 g/mol. The molecule has 1 aromatic carbocycles. The zero-order chi connectivity index (χ0) is 11.0. The summed E-state index contributed by atoms with van der Waals surface area (Å²) in [5, 5.41) is 0.842. The van der Waals surface area contributed by atoms with Gasteiger partial charge in [0.05, 0.1) is 6.61 Å². The van der Waals surface area contributed by atoms with Crippen LogP contribution in [0.2, 0.25) is 5.02 Å². The van der Waals surface area contributed by atoms with Crippen LogP contribution >= 0.6 is 11.6 Å². The van der Waals surface area contributed by atoms with Crippen LogP contribution in [0.1, 0.15) is 44.1 Å². The number of halogens is 1. The molecule has 1 heterocycles. The van der Waals surface area contributed by atoms with E-state index in [2.05, 4.69) is 6.07 Å². The molecule has 1 nitrogen and oxygen atoms in total. The van der Waals surface area contributed by atoms with Crippen molar-refractivity contribution < 1.29 is 4.74 Å². The van der Waals surface area contributed by atoms with Gasteiger partial charge in [0.25, 0.3) is 0 Å². The van der Waals surface area contributed by atoms with Crippen LogP contribution < -0.4 is 4.74 Å². The third-order valence-corrected chi connectivity index (χ3v) is 4.40.